The van der Waals surface area contributed by atoms with Gasteiger partial charge in [-0.3, -0.25) is 9.59 Å². The molecule has 0 radical (unpaired) electrons. The van der Waals surface area contributed by atoms with Crippen LogP contribution in [0.2, 0.25) is 0 Å². The molecule has 0 amide bonds. The van der Waals surface area contributed by atoms with Crippen molar-refractivity contribution in [2.45, 2.75) is 32.0 Å². The van der Waals surface area contributed by atoms with Crippen LogP contribution in [0.25, 0.3) is 5.65 Å². The van der Waals surface area contributed by atoms with Crippen molar-refractivity contribution in [3.8, 4) is 0 Å². The molecular weight excluding hydrogens is 427 g/mol. The summed E-state index contributed by atoms with van der Waals surface area (Å²) in [6.07, 6.45) is -4.71. The molecule has 11 heteroatoms. The summed E-state index contributed by atoms with van der Waals surface area (Å²) in [5.41, 5.74) is 0.466. The average Bonchev–Trinajstić information content (AvgIpc) is 3.23. The largest absolute Gasteiger partial charge is 0.454 e. The summed E-state index contributed by atoms with van der Waals surface area (Å²) in [5, 5.41) is 10.7. The molecule has 32 heavy (non-hydrogen) atoms. The van der Waals surface area contributed by atoms with E-state index in [9.17, 15) is 22.8 Å². The number of carbonyl (C=O) groups is 2. The second-order valence-corrected chi connectivity index (χ2v) is 7.55. The molecule has 1 aliphatic rings. The van der Waals surface area contributed by atoms with Crippen molar-refractivity contribution >= 4 is 23.2 Å². The highest BCUT2D eigenvalue weighted by atomic mass is 19.4. The molecule has 2 aromatic heterocycles. The standard InChI is InChI=1S/C21H20F3N5O3/c1-13(18(30)14-5-3-2-4-6-14)32-19(31)15-9-11-28(12-10-15)17-8-7-16-25-26-20(21(22,23)24)29(16)27-17/h2-8,13,15H,9-12H2,1H3/t13-/m1/s1. The van der Waals surface area contributed by atoms with E-state index in [0.717, 1.165) is 0 Å². The number of hydrogen-bond donors (Lipinski definition) is 0. The van der Waals surface area contributed by atoms with Crippen LogP contribution in [0.4, 0.5) is 19.0 Å². The molecular formula is C21H20F3N5O3. The summed E-state index contributed by atoms with van der Waals surface area (Å²) in [6.45, 7) is 2.35. The molecule has 4 rings (SSSR count). The molecule has 0 aliphatic carbocycles. The van der Waals surface area contributed by atoms with Crippen LogP contribution in [0.5, 0.6) is 0 Å². The Morgan fingerprint density at radius 3 is 2.41 bits per heavy atom. The van der Waals surface area contributed by atoms with Gasteiger partial charge in [0.15, 0.2) is 11.8 Å². The van der Waals surface area contributed by atoms with Crippen LogP contribution in [-0.2, 0) is 15.7 Å². The van der Waals surface area contributed by atoms with Gasteiger partial charge < -0.3 is 9.64 Å². The monoisotopic (exact) mass is 447 g/mol. The van der Waals surface area contributed by atoms with Gasteiger partial charge in [-0.2, -0.15) is 17.7 Å². The third-order valence-corrected chi connectivity index (χ3v) is 5.38. The molecule has 8 nitrogen and oxygen atoms in total. The lowest BCUT2D eigenvalue weighted by atomic mass is 9.97. The van der Waals surface area contributed by atoms with Crippen LogP contribution in [0.15, 0.2) is 42.5 Å². The van der Waals surface area contributed by atoms with Gasteiger partial charge in [0.05, 0.1) is 5.92 Å². The minimum absolute atomic E-state index is 0.00314. The van der Waals surface area contributed by atoms with Crippen LogP contribution in [0, 0.1) is 5.92 Å². The molecule has 0 N–H and O–H groups in total. The number of Topliss-reactive ketones (excluding diaryl/α,β-unsaturated/α-hetero) is 1. The molecule has 0 saturated carbocycles. The number of fused-ring (bicyclic) bond motifs is 1. The summed E-state index contributed by atoms with van der Waals surface area (Å²) in [5.74, 6) is -1.99. The lowest BCUT2D eigenvalue weighted by molar-refractivity contribution is -0.152. The number of ketones is 1. The number of ether oxygens (including phenoxy) is 1. The number of aromatic nitrogens is 4. The van der Waals surface area contributed by atoms with Crippen molar-refractivity contribution in [2.75, 3.05) is 18.0 Å². The number of benzene rings is 1. The van der Waals surface area contributed by atoms with Crippen molar-refractivity contribution in [3.05, 3.63) is 53.9 Å². The van der Waals surface area contributed by atoms with E-state index in [0.29, 0.717) is 41.8 Å². The van der Waals surface area contributed by atoms with Gasteiger partial charge in [-0.25, -0.2) is 0 Å². The minimum Gasteiger partial charge on any atom is -0.454 e. The Morgan fingerprint density at radius 2 is 1.75 bits per heavy atom. The number of anilines is 1. The Bertz CT molecular complexity index is 1120. The molecule has 0 spiro atoms. The molecule has 1 aromatic carbocycles. The van der Waals surface area contributed by atoms with Gasteiger partial charge in [0, 0.05) is 18.7 Å². The summed E-state index contributed by atoms with van der Waals surface area (Å²) >= 11 is 0. The number of esters is 1. The SMILES string of the molecule is C[C@@H](OC(=O)C1CCN(c2ccc3nnc(C(F)(F)F)n3n2)CC1)C(=O)c1ccccc1. The fourth-order valence-corrected chi connectivity index (χ4v) is 3.63. The van der Waals surface area contributed by atoms with Crippen molar-refractivity contribution < 1.29 is 27.5 Å². The predicted molar refractivity (Wildman–Crippen MR) is 107 cm³/mol. The highest BCUT2D eigenvalue weighted by Crippen LogP contribution is 2.29. The van der Waals surface area contributed by atoms with E-state index in [4.69, 9.17) is 4.74 Å². The minimum atomic E-state index is -4.67. The van der Waals surface area contributed by atoms with Gasteiger partial charge in [-0.1, -0.05) is 30.3 Å². The maximum Gasteiger partial charge on any atom is 0.453 e. The van der Waals surface area contributed by atoms with Crippen molar-refractivity contribution in [2.24, 2.45) is 5.92 Å². The second-order valence-electron chi connectivity index (χ2n) is 7.55. The first-order valence-electron chi connectivity index (χ1n) is 10.1. The molecule has 1 atom stereocenters. The summed E-state index contributed by atoms with van der Waals surface area (Å²) in [7, 11) is 0. The Balaban J connectivity index is 1.37. The Hall–Kier alpha value is -3.50. The van der Waals surface area contributed by atoms with Gasteiger partial charge in [0.25, 0.3) is 5.82 Å². The van der Waals surface area contributed by atoms with Crippen LogP contribution in [0.1, 0.15) is 35.9 Å². The number of rotatable bonds is 5. The van der Waals surface area contributed by atoms with Crippen molar-refractivity contribution in [3.63, 3.8) is 0 Å². The van der Waals surface area contributed by atoms with E-state index in [-0.39, 0.29) is 11.4 Å². The lowest BCUT2D eigenvalue weighted by Crippen LogP contribution is -2.39. The third kappa shape index (κ3) is 4.41. The van der Waals surface area contributed by atoms with E-state index >= 15 is 0 Å². The normalized spacial score (nSPS) is 16.2. The highest BCUT2D eigenvalue weighted by molar-refractivity contribution is 6.00. The summed E-state index contributed by atoms with van der Waals surface area (Å²) < 4.78 is 45.3. The molecule has 3 aromatic rings. The van der Waals surface area contributed by atoms with Gasteiger partial charge in [-0.15, -0.1) is 15.3 Å². The zero-order valence-corrected chi connectivity index (χ0v) is 17.1. The summed E-state index contributed by atoms with van der Waals surface area (Å²) in [6, 6.07) is 11.6. The quantitative estimate of drug-likeness (QED) is 0.438. The van der Waals surface area contributed by atoms with Crippen LogP contribution in [0.3, 0.4) is 0 Å². The number of carbonyl (C=O) groups excluding carboxylic acids is 2. The number of halogens is 3. The average molecular weight is 447 g/mol. The molecule has 1 saturated heterocycles. The van der Waals surface area contributed by atoms with Gasteiger partial charge in [0.1, 0.15) is 5.82 Å². The Morgan fingerprint density at radius 1 is 1.06 bits per heavy atom. The van der Waals surface area contributed by atoms with E-state index in [2.05, 4.69) is 15.3 Å². The second kappa shape index (κ2) is 8.56. The molecule has 0 bridgehead atoms. The first kappa shape index (κ1) is 21.7. The fourth-order valence-electron chi connectivity index (χ4n) is 3.63. The van der Waals surface area contributed by atoms with E-state index in [1.807, 2.05) is 0 Å². The lowest BCUT2D eigenvalue weighted by Gasteiger charge is -2.32. The number of nitrogens with zero attached hydrogens (tertiary/aromatic N) is 5. The highest BCUT2D eigenvalue weighted by Gasteiger charge is 2.38. The van der Waals surface area contributed by atoms with Crippen LogP contribution < -0.4 is 4.90 Å². The first-order valence-corrected chi connectivity index (χ1v) is 10.1. The Kier molecular flexibility index (Phi) is 5.81. The summed E-state index contributed by atoms with van der Waals surface area (Å²) in [4.78, 5) is 26.7. The zero-order chi connectivity index (χ0) is 22.9. The van der Waals surface area contributed by atoms with Gasteiger partial charge in [0.2, 0.25) is 5.78 Å². The smallest absolute Gasteiger partial charge is 0.453 e. The number of hydrogen-bond acceptors (Lipinski definition) is 7. The van der Waals surface area contributed by atoms with Gasteiger partial charge >= 0.3 is 12.1 Å². The first-order chi connectivity index (χ1) is 15.2. The van der Waals surface area contributed by atoms with E-state index < -0.39 is 30.0 Å². The topological polar surface area (TPSA) is 89.7 Å². The van der Waals surface area contributed by atoms with Crippen molar-refractivity contribution in [1.82, 2.24) is 19.8 Å². The fraction of sp³-hybridized carbons (Fsp3) is 0.381. The maximum atomic E-state index is 13.1. The molecule has 3 heterocycles. The van der Waals surface area contributed by atoms with Gasteiger partial charge in [-0.05, 0) is 31.9 Å². The predicted octanol–water partition coefficient (Wildman–Crippen LogP) is 3.17. The van der Waals surface area contributed by atoms with Crippen LogP contribution >= 0.6 is 0 Å². The third-order valence-electron chi connectivity index (χ3n) is 5.38. The van der Waals surface area contributed by atoms with E-state index in [1.54, 1.807) is 48.2 Å². The maximum absolute atomic E-state index is 13.1. The number of piperidine rings is 1. The van der Waals surface area contributed by atoms with Crippen LogP contribution in [-0.4, -0.2) is 50.8 Å². The molecule has 168 valence electrons. The zero-order valence-electron chi connectivity index (χ0n) is 17.1. The van der Waals surface area contributed by atoms with Crippen molar-refractivity contribution in [1.29, 1.82) is 0 Å². The Labute approximate surface area is 181 Å². The number of alkyl halides is 3. The molecule has 1 aliphatic heterocycles. The van der Waals surface area contributed by atoms with E-state index in [1.165, 1.54) is 6.07 Å². The molecule has 0 unspecified atom stereocenters. The molecule has 1 fully saturated rings.